The quantitative estimate of drug-likeness (QED) is 0.582. The summed E-state index contributed by atoms with van der Waals surface area (Å²) in [6.45, 7) is 4.42. The van der Waals surface area contributed by atoms with Crippen LogP contribution >= 0.6 is 0 Å². The first-order valence-electron chi connectivity index (χ1n) is 3.29. The second-order valence-electron chi connectivity index (χ2n) is 2.10. The second-order valence-corrected chi connectivity index (χ2v) is 4.06. The van der Waals surface area contributed by atoms with E-state index in [1.54, 1.807) is 0 Å². The summed E-state index contributed by atoms with van der Waals surface area (Å²) in [4.78, 5) is 0. The molecule has 1 aliphatic heterocycles. The lowest BCUT2D eigenvalue weighted by Gasteiger charge is -2.16. The molecule has 0 aliphatic carbocycles. The molecule has 0 unspecified atom stereocenters. The second kappa shape index (κ2) is 3.27. The fourth-order valence-corrected chi connectivity index (χ4v) is 1.78. The van der Waals surface area contributed by atoms with E-state index in [1.807, 2.05) is 0 Å². The van der Waals surface area contributed by atoms with Gasteiger partial charge in [0.2, 0.25) is 0 Å². The molecule has 0 aromatic rings. The number of rotatable bonds is 1. The Hall–Kier alpha value is -0.190. The van der Waals surface area contributed by atoms with E-state index in [1.165, 1.54) is 5.41 Å². The van der Waals surface area contributed by atoms with E-state index in [-0.39, 0.29) is 0 Å². The zero-order chi connectivity index (χ0) is 7.45. The molecular weight excluding hydrogens is 152 g/mol. The molecule has 0 atom stereocenters. The van der Waals surface area contributed by atoms with Gasteiger partial charge in [-0.15, -0.1) is 0 Å². The van der Waals surface area contributed by atoms with Crippen molar-refractivity contribution in [2.75, 3.05) is 13.2 Å². The highest BCUT2D eigenvalue weighted by Crippen LogP contribution is 2.15. The van der Waals surface area contributed by atoms with Gasteiger partial charge in [0.15, 0.2) is 0 Å². The maximum Gasteiger partial charge on any atom is 0.0971 e. The third-order valence-corrected chi connectivity index (χ3v) is 2.84. The molecule has 1 fully saturated rings. The highest BCUT2D eigenvalue weighted by molar-refractivity contribution is 7.97. The van der Waals surface area contributed by atoms with E-state index >= 15 is 0 Å². The summed E-state index contributed by atoms with van der Waals surface area (Å²) >= 11 is 0. The van der Waals surface area contributed by atoms with Crippen molar-refractivity contribution >= 4 is 10.5 Å². The minimum atomic E-state index is -2.87. The van der Waals surface area contributed by atoms with Crippen LogP contribution < -0.4 is 0 Å². The average Bonchev–Trinajstić information content (AvgIpc) is 2.15. The third-order valence-electron chi connectivity index (χ3n) is 1.30. The van der Waals surface area contributed by atoms with Crippen LogP contribution in [0.25, 0.3) is 0 Å². The Labute approximate surface area is 61.9 Å². The molecular formula is C6H12O3S. The average molecular weight is 164 g/mol. The molecule has 4 heteroatoms. The first kappa shape index (κ1) is 7.91. The smallest absolute Gasteiger partial charge is 0.0971 e. The Balaban J connectivity index is 2.57. The Morgan fingerprint density at radius 3 is 2.20 bits per heavy atom. The summed E-state index contributed by atoms with van der Waals surface area (Å²) in [5, 5.41) is 1.26. The summed E-state index contributed by atoms with van der Waals surface area (Å²) in [5.74, 6) is 0. The SMILES string of the molecule is C=C[SH]1(=O)OCCCCO1. The van der Waals surface area contributed by atoms with Crippen molar-refractivity contribution in [2.24, 2.45) is 0 Å². The Kier molecular flexibility index (Phi) is 2.59. The van der Waals surface area contributed by atoms with E-state index in [2.05, 4.69) is 6.58 Å². The van der Waals surface area contributed by atoms with Crippen LogP contribution in [0, 0.1) is 0 Å². The maximum atomic E-state index is 11.3. The van der Waals surface area contributed by atoms with Crippen LogP contribution in [0.3, 0.4) is 0 Å². The van der Waals surface area contributed by atoms with Crippen molar-refractivity contribution in [2.45, 2.75) is 12.8 Å². The van der Waals surface area contributed by atoms with Crippen LogP contribution in [-0.2, 0) is 18.9 Å². The molecule has 0 bridgehead atoms. The van der Waals surface area contributed by atoms with Crippen molar-refractivity contribution < 1.29 is 12.6 Å². The molecule has 3 nitrogen and oxygen atoms in total. The van der Waals surface area contributed by atoms with Crippen molar-refractivity contribution in [1.29, 1.82) is 0 Å². The van der Waals surface area contributed by atoms with E-state index in [4.69, 9.17) is 8.37 Å². The summed E-state index contributed by atoms with van der Waals surface area (Å²) < 4.78 is 21.2. The van der Waals surface area contributed by atoms with Gasteiger partial charge in [-0.25, -0.2) is 4.21 Å². The molecule has 0 radical (unpaired) electrons. The van der Waals surface area contributed by atoms with Crippen molar-refractivity contribution in [3.05, 3.63) is 12.0 Å². The zero-order valence-electron chi connectivity index (χ0n) is 5.78. The van der Waals surface area contributed by atoms with E-state index in [9.17, 15) is 4.21 Å². The van der Waals surface area contributed by atoms with Crippen LogP contribution in [0.4, 0.5) is 0 Å². The van der Waals surface area contributed by atoms with Crippen LogP contribution in [0.5, 0.6) is 0 Å². The molecule has 1 saturated heterocycles. The monoisotopic (exact) mass is 164 g/mol. The predicted octanol–water partition coefficient (Wildman–Crippen LogP) is 0.804. The number of hydrogen-bond acceptors (Lipinski definition) is 3. The molecule has 0 aromatic heterocycles. The molecule has 1 aliphatic rings. The Bertz CT molecular complexity index is 154. The highest BCUT2D eigenvalue weighted by Gasteiger charge is 2.13. The van der Waals surface area contributed by atoms with Gasteiger partial charge in [0.25, 0.3) is 0 Å². The first-order chi connectivity index (χ1) is 4.77. The van der Waals surface area contributed by atoms with Crippen LogP contribution in [-0.4, -0.2) is 17.4 Å². The topological polar surface area (TPSA) is 35.5 Å². The number of thiol groups is 1. The Morgan fingerprint density at radius 2 is 1.80 bits per heavy atom. The summed E-state index contributed by atoms with van der Waals surface area (Å²) in [6.07, 6.45) is 1.83. The van der Waals surface area contributed by atoms with Crippen molar-refractivity contribution in [3.8, 4) is 0 Å². The van der Waals surface area contributed by atoms with Gasteiger partial charge in [-0.1, -0.05) is 6.58 Å². The standard InChI is InChI=1S/C6H12O3S/c1-2-10(7)8-5-3-4-6-9-10/h2,10H,1,3-6H2. The third kappa shape index (κ3) is 1.90. The van der Waals surface area contributed by atoms with Gasteiger partial charge < -0.3 is 0 Å². The molecule has 60 valence electrons. The van der Waals surface area contributed by atoms with E-state index in [0.717, 1.165) is 12.8 Å². The van der Waals surface area contributed by atoms with Gasteiger partial charge in [0.05, 0.1) is 23.7 Å². The lowest BCUT2D eigenvalue weighted by molar-refractivity contribution is 0.278. The van der Waals surface area contributed by atoms with Crippen LogP contribution in [0.2, 0.25) is 0 Å². The van der Waals surface area contributed by atoms with Gasteiger partial charge >= 0.3 is 0 Å². The molecule has 0 saturated carbocycles. The van der Waals surface area contributed by atoms with Gasteiger partial charge in [-0.05, 0) is 12.8 Å². The summed E-state index contributed by atoms with van der Waals surface area (Å²) in [5.41, 5.74) is 0. The van der Waals surface area contributed by atoms with Gasteiger partial charge in [-0.3, -0.25) is 8.37 Å². The summed E-state index contributed by atoms with van der Waals surface area (Å²) in [7, 11) is -2.87. The van der Waals surface area contributed by atoms with E-state index in [0.29, 0.717) is 13.2 Å². The number of hydrogen-bond donors (Lipinski definition) is 1. The zero-order valence-corrected chi connectivity index (χ0v) is 6.68. The fraction of sp³-hybridized carbons (Fsp3) is 0.667. The molecule has 1 rings (SSSR count). The van der Waals surface area contributed by atoms with E-state index < -0.39 is 10.5 Å². The maximum absolute atomic E-state index is 11.3. The molecule has 1 heterocycles. The first-order valence-corrected chi connectivity index (χ1v) is 4.90. The molecule has 0 amide bonds. The van der Waals surface area contributed by atoms with Gasteiger partial charge in [-0.2, -0.15) is 0 Å². The highest BCUT2D eigenvalue weighted by atomic mass is 32.3. The predicted molar refractivity (Wildman–Crippen MR) is 40.9 cm³/mol. The summed E-state index contributed by atoms with van der Waals surface area (Å²) in [6, 6.07) is 0. The lowest BCUT2D eigenvalue weighted by atomic mass is 10.3. The lowest BCUT2D eigenvalue weighted by Crippen LogP contribution is -2.14. The van der Waals surface area contributed by atoms with Gasteiger partial charge in [0.1, 0.15) is 0 Å². The van der Waals surface area contributed by atoms with Gasteiger partial charge in [0, 0.05) is 5.41 Å². The fourth-order valence-electron chi connectivity index (χ4n) is 0.730. The minimum Gasteiger partial charge on any atom is -0.291 e. The van der Waals surface area contributed by atoms with Crippen molar-refractivity contribution in [1.82, 2.24) is 0 Å². The largest absolute Gasteiger partial charge is 0.291 e. The van der Waals surface area contributed by atoms with Crippen LogP contribution in [0.15, 0.2) is 12.0 Å². The van der Waals surface area contributed by atoms with Crippen LogP contribution in [0.1, 0.15) is 12.8 Å². The Morgan fingerprint density at radius 1 is 1.30 bits per heavy atom. The van der Waals surface area contributed by atoms with Crippen molar-refractivity contribution in [3.63, 3.8) is 0 Å². The minimum absolute atomic E-state index is 0.517. The molecule has 0 aromatic carbocycles. The molecule has 10 heavy (non-hydrogen) atoms. The molecule has 0 N–H and O–H groups in total. The normalized spacial score (nSPS) is 28.4. The molecule has 0 spiro atoms.